The number of halogens is 4. The fourth-order valence-corrected chi connectivity index (χ4v) is 3.25. The van der Waals surface area contributed by atoms with Crippen molar-refractivity contribution in [3.63, 3.8) is 0 Å². The number of anilines is 2. The Morgan fingerprint density at radius 3 is 2.50 bits per heavy atom. The van der Waals surface area contributed by atoms with Crippen molar-refractivity contribution in [3.05, 3.63) is 34.7 Å². The van der Waals surface area contributed by atoms with Gasteiger partial charge in [0, 0.05) is 38.4 Å². The van der Waals surface area contributed by atoms with Crippen LogP contribution in [0.15, 0.2) is 22.9 Å². The van der Waals surface area contributed by atoms with Crippen LogP contribution in [0.25, 0.3) is 0 Å². The summed E-state index contributed by atoms with van der Waals surface area (Å²) in [5.74, 6) is 1.04. The third-order valence-electron chi connectivity index (χ3n) is 4.57. The van der Waals surface area contributed by atoms with Crippen molar-refractivity contribution >= 4 is 29.1 Å². The maximum Gasteiger partial charge on any atom is 0.417 e. The summed E-state index contributed by atoms with van der Waals surface area (Å²) in [4.78, 5) is 20.0. The predicted octanol–water partition coefficient (Wildman–Crippen LogP) is 3.20. The van der Waals surface area contributed by atoms with Crippen molar-refractivity contribution in [1.82, 2.24) is 15.0 Å². The van der Waals surface area contributed by atoms with Crippen LogP contribution in [-0.4, -0.2) is 53.2 Å². The molecule has 28 heavy (non-hydrogen) atoms. The minimum atomic E-state index is -4.49. The van der Waals surface area contributed by atoms with Crippen molar-refractivity contribution in [2.24, 2.45) is 0 Å². The molecule has 1 saturated heterocycles. The third-order valence-corrected chi connectivity index (χ3v) is 4.85. The lowest BCUT2D eigenvalue weighted by Gasteiger charge is -2.38. The zero-order valence-corrected chi connectivity index (χ0v) is 16.0. The Hall–Kier alpha value is -2.33. The number of aryl methyl sites for hydroxylation is 1. The molecule has 2 aromatic rings. The van der Waals surface area contributed by atoms with E-state index in [1.807, 2.05) is 9.80 Å². The first-order valence-corrected chi connectivity index (χ1v) is 8.99. The van der Waals surface area contributed by atoms with Crippen LogP contribution >= 0.6 is 11.6 Å². The van der Waals surface area contributed by atoms with Gasteiger partial charge in [-0.2, -0.15) is 13.2 Å². The number of pyridine rings is 1. The van der Waals surface area contributed by atoms with Crippen molar-refractivity contribution in [3.8, 4) is 0 Å². The summed E-state index contributed by atoms with van der Waals surface area (Å²) >= 11 is 6.01. The summed E-state index contributed by atoms with van der Waals surface area (Å²) in [5.41, 5.74) is -0.881. The normalized spacial score (nSPS) is 16.9. The highest BCUT2D eigenvalue weighted by Crippen LogP contribution is 2.33. The highest BCUT2D eigenvalue weighted by Gasteiger charge is 2.33. The molecule has 0 aliphatic carbocycles. The van der Waals surface area contributed by atoms with E-state index >= 15 is 0 Å². The Bertz CT molecular complexity index is 850. The molecule has 0 saturated carbocycles. The van der Waals surface area contributed by atoms with Gasteiger partial charge >= 0.3 is 6.18 Å². The summed E-state index contributed by atoms with van der Waals surface area (Å²) in [6.07, 6.45) is -3.71. The number of nitrogens with zero attached hydrogens (tertiary/aromatic N) is 4. The highest BCUT2D eigenvalue weighted by molar-refractivity contribution is 6.33. The minimum absolute atomic E-state index is 0.0459. The van der Waals surface area contributed by atoms with Gasteiger partial charge in [0.05, 0.1) is 16.6 Å². The Labute approximate surface area is 164 Å². The lowest BCUT2D eigenvalue weighted by Crippen LogP contribution is -2.53. The van der Waals surface area contributed by atoms with Crippen molar-refractivity contribution in [2.75, 3.05) is 36.4 Å². The van der Waals surface area contributed by atoms with Gasteiger partial charge in [0.25, 0.3) is 0 Å². The minimum Gasteiger partial charge on any atom is -0.360 e. The first-order valence-electron chi connectivity index (χ1n) is 8.61. The van der Waals surface area contributed by atoms with Gasteiger partial charge in [-0.15, -0.1) is 0 Å². The Kier molecular flexibility index (Phi) is 5.80. The average molecular weight is 418 g/mol. The van der Waals surface area contributed by atoms with E-state index in [4.69, 9.17) is 16.1 Å². The molecule has 2 aromatic heterocycles. The van der Waals surface area contributed by atoms with Gasteiger partial charge < -0.3 is 14.7 Å². The molecular formula is C17H19ClF3N5O2. The fourth-order valence-electron chi connectivity index (χ4n) is 2.96. The second kappa shape index (κ2) is 7.96. The first kappa shape index (κ1) is 20.4. The number of carbonyl (C=O) groups is 1. The number of nitrogens with one attached hydrogen (secondary N) is 1. The number of carbonyl (C=O) groups excluding carboxylic acids is 1. The van der Waals surface area contributed by atoms with Crippen LogP contribution in [0, 0.1) is 6.92 Å². The summed E-state index contributed by atoms with van der Waals surface area (Å²) in [5, 5.41) is 6.38. The van der Waals surface area contributed by atoms with E-state index in [0.29, 0.717) is 43.6 Å². The van der Waals surface area contributed by atoms with Crippen LogP contribution in [0.4, 0.5) is 24.8 Å². The molecule has 1 fully saturated rings. The molecule has 11 heteroatoms. The molecule has 3 rings (SSSR count). The maximum atomic E-state index is 12.7. The molecule has 1 atom stereocenters. The standard InChI is InChI=1S/C17H19ClF3N5O2/c1-10-7-14(24-28-10)23-16(27)11(2)25-3-5-26(6-4-25)15-13(18)8-12(9-22-15)17(19,20)21/h7-9,11H,3-6H2,1-2H3,(H,23,24,27). The monoisotopic (exact) mass is 417 g/mol. The van der Waals surface area contributed by atoms with Gasteiger partial charge in [0.1, 0.15) is 11.6 Å². The quantitative estimate of drug-likeness (QED) is 0.823. The topological polar surface area (TPSA) is 74.5 Å². The van der Waals surface area contributed by atoms with Crippen LogP contribution < -0.4 is 10.2 Å². The van der Waals surface area contributed by atoms with Gasteiger partial charge in [-0.3, -0.25) is 9.69 Å². The molecule has 3 heterocycles. The first-order chi connectivity index (χ1) is 13.1. The molecule has 0 bridgehead atoms. The van der Waals surface area contributed by atoms with Gasteiger partial charge in [-0.1, -0.05) is 16.8 Å². The summed E-state index contributed by atoms with van der Waals surface area (Å²) < 4.78 is 43.2. The van der Waals surface area contributed by atoms with E-state index < -0.39 is 17.8 Å². The molecule has 0 aromatic carbocycles. The lowest BCUT2D eigenvalue weighted by atomic mass is 10.2. The van der Waals surface area contributed by atoms with E-state index in [1.165, 1.54) is 0 Å². The van der Waals surface area contributed by atoms with E-state index in [2.05, 4.69) is 15.5 Å². The number of hydrogen-bond acceptors (Lipinski definition) is 6. The van der Waals surface area contributed by atoms with Crippen LogP contribution in [0.2, 0.25) is 5.02 Å². The number of piperazine rings is 1. The second-order valence-corrected chi connectivity index (χ2v) is 6.95. The predicted molar refractivity (Wildman–Crippen MR) is 97.4 cm³/mol. The smallest absolute Gasteiger partial charge is 0.360 e. The van der Waals surface area contributed by atoms with Crippen LogP contribution in [0.3, 0.4) is 0 Å². The lowest BCUT2D eigenvalue weighted by molar-refractivity contribution is -0.137. The molecule has 1 unspecified atom stereocenters. The summed E-state index contributed by atoms with van der Waals surface area (Å²) in [6, 6.07) is 2.10. The van der Waals surface area contributed by atoms with E-state index in [9.17, 15) is 18.0 Å². The largest absolute Gasteiger partial charge is 0.417 e. The number of alkyl halides is 3. The molecule has 1 N–H and O–H groups in total. The Morgan fingerprint density at radius 2 is 1.96 bits per heavy atom. The molecular weight excluding hydrogens is 399 g/mol. The second-order valence-electron chi connectivity index (χ2n) is 6.54. The van der Waals surface area contributed by atoms with Crippen LogP contribution in [-0.2, 0) is 11.0 Å². The van der Waals surface area contributed by atoms with Gasteiger partial charge in [0.2, 0.25) is 5.91 Å². The van der Waals surface area contributed by atoms with Crippen molar-refractivity contribution in [2.45, 2.75) is 26.1 Å². The Balaban J connectivity index is 1.59. The summed E-state index contributed by atoms with van der Waals surface area (Å²) in [6.45, 7) is 5.54. The number of rotatable bonds is 4. The number of aromatic nitrogens is 2. The Morgan fingerprint density at radius 1 is 1.29 bits per heavy atom. The molecule has 7 nitrogen and oxygen atoms in total. The molecule has 0 radical (unpaired) electrons. The number of amides is 1. The highest BCUT2D eigenvalue weighted by atomic mass is 35.5. The SMILES string of the molecule is Cc1cc(NC(=O)C(C)N2CCN(c3ncc(C(F)(F)F)cc3Cl)CC2)no1. The van der Waals surface area contributed by atoms with Gasteiger partial charge in [-0.05, 0) is 19.9 Å². The van der Waals surface area contributed by atoms with E-state index in [1.54, 1.807) is 19.9 Å². The third kappa shape index (κ3) is 4.56. The zero-order valence-electron chi connectivity index (χ0n) is 15.3. The van der Waals surface area contributed by atoms with Crippen molar-refractivity contribution in [1.29, 1.82) is 0 Å². The van der Waals surface area contributed by atoms with Crippen LogP contribution in [0.1, 0.15) is 18.2 Å². The molecule has 152 valence electrons. The van der Waals surface area contributed by atoms with Gasteiger partial charge in [0.15, 0.2) is 5.82 Å². The zero-order chi connectivity index (χ0) is 20.5. The molecule has 0 spiro atoms. The van der Waals surface area contributed by atoms with E-state index in [-0.39, 0.29) is 10.9 Å². The van der Waals surface area contributed by atoms with Crippen molar-refractivity contribution < 1.29 is 22.5 Å². The molecule has 1 aliphatic heterocycles. The molecule has 1 aliphatic rings. The maximum absolute atomic E-state index is 12.7. The van der Waals surface area contributed by atoms with Crippen LogP contribution in [0.5, 0.6) is 0 Å². The summed E-state index contributed by atoms with van der Waals surface area (Å²) in [7, 11) is 0. The fraction of sp³-hybridized carbons (Fsp3) is 0.471. The van der Waals surface area contributed by atoms with Gasteiger partial charge in [-0.25, -0.2) is 4.98 Å². The number of hydrogen-bond donors (Lipinski definition) is 1. The average Bonchev–Trinajstić information content (AvgIpc) is 3.05. The molecule has 1 amide bonds. The van der Waals surface area contributed by atoms with E-state index in [0.717, 1.165) is 12.3 Å².